The fraction of sp³-hybridized carbons (Fsp3) is 0.571. The zero-order valence-corrected chi connectivity index (χ0v) is 7.45. The zero-order chi connectivity index (χ0) is 9.84. The summed E-state index contributed by atoms with van der Waals surface area (Å²) in [6.45, 7) is 2.74. The maximum Gasteiger partial charge on any atom is 0.339 e. The minimum Gasteiger partial charge on any atom is -0.372 e. The Balaban J connectivity index is 2.57. The average molecular weight is 186 g/mol. The van der Waals surface area contributed by atoms with Crippen molar-refractivity contribution in [3.8, 4) is 0 Å². The number of aliphatic hydroxyl groups is 1. The van der Waals surface area contributed by atoms with Crippen molar-refractivity contribution >= 4 is 6.03 Å². The lowest BCUT2D eigenvalue weighted by molar-refractivity contribution is 0.0603. The Labute approximate surface area is 76.4 Å². The molecule has 0 radical (unpaired) electrons. The van der Waals surface area contributed by atoms with E-state index in [-0.39, 0.29) is 0 Å². The summed E-state index contributed by atoms with van der Waals surface area (Å²) in [5.74, 6) is 5.71. The van der Waals surface area contributed by atoms with E-state index in [1.54, 1.807) is 0 Å². The minimum absolute atomic E-state index is 0.501. The van der Waals surface area contributed by atoms with Crippen molar-refractivity contribution in [2.45, 2.75) is 19.6 Å². The third kappa shape index (κ3) is 2.33. The first-order valence-corrected chi connectivity index (χ1v) is 4.13. The molecule has 1 rings (SSSR count). The van der Waals surface area contributed by atoms with Gasteiger partial charge < -0.3 is 10.4 Å². The number of nitrogens with zero attached hydrogens (tertiary/aromatic N) is 1. The van der Waals surface area contributed by atoms with Crippen molar-refractivity contribution < 1.29 is 9.90 Å². The number of nitrogens with two attached hydrogens (primary N) is 1. The molecular formula is C7H14N4O2. The summed E-state index contributed by atoms with van der Waals surface area (Å²) >= 11 is 0. The minimum atomic E-state index is -1.06. The van der Waals surface area contributed by atoms with Gasteiger partial charge in [-0.2, -0.15) is 0 Å². The lowest BCUT2D eigenvalue weighted by Gasteiger charge is -2.27. The van der Waals surface area contributed by atoms with Crippen LogP contribution in [-0.4, -0.2) is 28.9 Å². The third-order valence-corrected chi connectivity index (χ3v) is 1.64. The van der Waals surface area contributed by atoms with Crippen LogP contribution in [0.5, 0.6) is 0 Å². The highest BCUT2D eigenvalue weighted by atomic mass is 16.3. The molecule has 1 aliphatic rings. The van der Waals surface area contributed by atoms with Crippen molar-refractivity contribution in [3.05, 3.63) is 11.9 Å². The molecule has 1 heterocycles. The van der Waals surface area contributed by atoms with Crippen LogP contribution in [0, 0.1) is 0 Å². The van der Waals surface area contributed by atoms with Crippen LogP contribution in [0.2, 0.25) is 0 Å². The summed E-state index contributed by atoms with van der Waals surface area (Å²) in [5, 5.41) is 15.4. The van der Waals surface area contributed by atoms with Crippen molar-refractivity contribution in [1.29, 1.82) is 0 Å². The fourth-order valence-corrected chi connectivity index (χ4v) is 0.934. The van der Waals surface area contributed by atoms with Crippen LogP contribution < -0.4 is 16.5 Å². The van der Waals surface area contributed by atoms with Gasteiger partial charge in [0, 0.05) is 12.6 Å². The molecule has 0 saturated carbocycles. The summed E-state index contributed by atoms with van der Waals surface area (Å²) in [6, 6.07) is -0.520. The van der Waals surface area contributed by atoms with Gasteiger partial charge in [0.2, 0.25) is 0 Å². The van der Waals surface area contributed by atoms with Crippen LogP contribution in [0.25, 0.3) is 0 Å². The third-order valence-electron chi connectivity index (χ3n) is 1.64. The summed E-state index contributed by atoms with van der Waals surface area (Å²) in [6.07, 6.45) is 1.32. The molecule has 0 aliphatic carbocycles. The highest BCUT2D eigenvalue weighted by Gasteiger charge is 2.22. The Morgan fingerprint density at radius 2 is 2.54 bits per heavy atom. The molecule has 0 bridgehead atoms. The molecule has 0 aromatic heterocycles. The first-order valence-electron chi connectivity index (χ1n) is 4.13. The van der Waals surface area contributed by atoms with E-state index in [1.165, 1.54) is 6.08 Å². The second-order valence-corrected chi connectivity index (χ2v) is 2.76. The van der Waals surface area contributed by atoms with Gasteiger partial charge >= 0.3 is 6.03 Å². The number of nitrogens with one attached hydrogen (secondary N) is 2. The predicted octanol–water partition coefficient (Wildman–Crippen LogP) is -0.955. The van der Waals surface area contributed by atoms with Gasteiger partial charge in [-0.1, -0.05) is 6.92 Å². The van der Waals surface area contributed by atoms with E-state index in [2.05, 4.69) is 10.6 Å². The SMILES string of the molecule is CCCNC1=C[C@H](O)N(N)C(=O)N1. The van der Waals surface area contributed by atoms with Gasteiger partial charge in [0.1, 0.15) is 5.82 Å². The largest absolute Gasteiger partial charge is 0.372 e. The normalized spacial score (nSPS) is 22.4. The number of hydrazine groups is 1. The number of hydrogen-bond donors (Lipinski definition) is 4. The van der Waals surface area contributed by atoms with Crippen LogP contribution in [0.1, 0.15) is 13.3 Å². The van der Waals surface area contributed by atoms with E-state index >= 15 is 0 Å². The van der Waals surface area contributed by atoms with E-state index in [0.29, 0.717) is 5.82 Å². The van der Waals surface area contributed by atoms with E-state index in [9.17, 15) is 9.90 Å². The van der Waals surface area contributed by atoms with Crippen LogP contribution in [0.15, 0.2) is 11.9 Å². The fourth-order valence-electron chi connectivity index (χ4n) is 0.934. The first kappa shape index (κ1) is 9.82. The molecule has 1 aliphatic heterocycles. The number of carbonyl (C=O) groups excluding carboxylic acids is 1. The molecule has 0 saturated heterocycles. The number of amides is 2. The van der Waals surface area contributed by atoms with Crippen molar-refractivity contribution in [3.63, 3.8) is 0 Å². The number of carbonyl (C=O) groups is 1. The number of hydrogen-bond acceptors (Lipinski definition) is 4. The molecular weight excluding hydrogens is 172 g/mol. The van der Waals surface area contributed by atoms with Crippen LogP contribution >= 0.6 is 0 Å². The van der Waals surface area contributed by atoms with Gasteiger partial charge in [-0.05, 0) is 6.42 Å². The molecule has 74 valence electrons. The summed E-state index contributed by atoms with van der Waals surface area (Å²) in [4.78, 5) is 11.0. The van der Waals surface area contributed by atoms with E-state index < -0.39 is 12.3 Å². The second-order valence-electron chi connectivity index (χ2n) is 2.76. The highest BCUT2D eigenvalue weighted by Crippen LogP contribution is 2.02. The number of urea groups is 1. The topological polar surface area (TPSA) is 90.6 Å². The van der Waals surface area contributed by atoms with Crippen LogP contribution in [0.3, 0.4) is 0 Å². The Morgan fingerprint density at radius 1 is 1.85 bits per heavy atom. The molecule has 0 spiro atoms. The summed E-state index contributed by atoms with van der Waals surface area (Å²) in [7, 11) is 0. The van der Waals surface area contributed by atoms with Gasteiger partial charge in [-0.25, -0.2) is 15.6 Å². The molecule has 6 nitrogen and oxygen atoms in total. The van der Waals surface area contributed by atoms with Crippen molar-refractivity contribution in [2.24, 2.45) is 5.84 Å². The highest BCUT2D eigenvalue weighted by molar-refractivity contribution is 5.77. The van der Waals surface area contributed by atoms with Gasteiger partial charge in [0.25, 0.3) is 0 Å². The summed E-state index contributed by atoms with van der Waals surface area (Å²) < 4.78 is 0. The van der Waals surface area contributed by atoms with Gasteiger partial charge in [-0.3, -0.25) is 5.32 Å². The standard InChI is InChI=1S/C7H14N4O2/c1-2-3-9-5-4-6(12)11(8)7(13)10-5/h4,6,9,12H,2-3,8H2,1H3,(H,10,13)/t6-/m0/s1. The first-order chi connectivity index (χ1) is 6.15. The van der Waals surface area contributed by atoms with Crippen molar-refractivity contribution in [2.75, 3.05) is 6.54 Å². The Morgan fingerprint density at radius 3 is 3.08 bits per heavy atom. The smallest absolute Gasteiger partial charge is 0.339 e. The molecule has 13 heavy (non-hydrogen) atoms. The van der Waals surface area contributed by atoms with Gasteiger partial charge in [-0.15, -0.1) is 0 Å². The van der Waals surface area contributed by atoms with Gasteiger partial charge in [0.15, 0.2) is 6.23 Å². The van der Waals surface area contributed by atoms with Crippen LogP contribution in [0.4, 0.5) is 4.79 Å². The lowest BCUT2D eigenvalue weighted by Crippen LogP contribution is -2.55. The Kier molecular flexibility index (Phi) is 3.10. The quantitative estimate of drug-likeness (QED) is 0.337. The molecule has 0 aromatic carbocycles. The molecule has 0 fully saturated rings. The maximum absolute atomic E-state index is 11.0. The monoisotopic (exact) mass is 186 g/mol. The Hall–Kier alpha value is -1.27. The number of aliphatic hydroxyl groups excluding tert-OH is 1. The zero-order valence-electron chi connectivity index (χ0n) is 7.45. The molecule has 2 amide bonds. The van der Waals surface area contributed by atoms with E-state index in [1.807, 2.05) is 6.92 Å². The maximum atomic E-state index is 11.0. The average Bonchev–Trinajstić information content (AvgIpc) is 2.10. The lowest BCUT2D eigenvalue weighted by atomic mass is 10.4. The summed E-state index contributed by atoms with van der Waals surface area (Å²) in [5.41, 5.74) is 0. The second kappa shape index (κ2) is 4.11. The molecule has 0 aromatic rings. The van der Waals surface area contributed by atoms with E-state index in [0.717, 1.165) is 18.0 Å². The van der Waals surface area contributed by atoms with Crippen LogP contribution in [-0.2, 0) is 0 Å². The molecule has 0 unspecified atom stereocenters. The molecule has 6 heteroatoms. The van der Waals surface area contributed by atoms with E-state index in [4.69, 9.17) is 5.84 Å². The molecule has 5 N–H and O–H groups in total. The predicted molar refractivity (Wildman–Crippen MR) is 46.9 cm³/mol. The Bertz CT molecular complexity index is 229. The van der Waals surface area contributed by atoms with Gasteiger partial charge in [0.05, 0.1) is 0 Å². The molecule has 1 atom stereocenters. The van der Waals surface area contributed by atoms with Crippen molar-refractivity contribution in [1.82, 2.24) is 15.6 Å². The number of rotatable bonds is 3.